The highest BCUT2D eigenvalue weighted by molar-refractivity contribution is 6.02. The van der Waals surface area contributed by atoms with Gasteiger partial charge in [-0.25, -0.2) is 4.79 Å². The smallest absolute Gasteiger partial charge is 0.412 e. The molecule has 1 aliphatic rings. The second kappa shape index (κ2) is 6.19. The zero-order chi connectivity index (χ0) is 18.2. The Bertz CT molecular complexity index is 850. The van der Waals surface area contributed by atoms with Crippen molar-refractivity contribution in [3.05, 3.63) is 23.9 Å². The van der Waals surface area contributed by atoms with Gasteiger partial charge in [0.05, 0.1) is 5.92 Å². The molecule has 1 saturated heterocycles. The van der Waals surface area contributed by atoms with Crippen molar-refractivity contribution in [2.75, 3.05) is 5.32 Å². The van der Waals surface area contributed by atoms with Crippen LogP contribution in [0.4, 0.5) is 10.5 Å². The van der Waals surface area contributed by atoms with E-state index in [4.69, 9.17) is 9.26 Å². The minimum Gasteiger partial charge on any atom is -0.444 e. The summed E-state index contributed by atoms with van der Waals surface area (Å²) in [6.07, 6.45) is 0.0438. The molecule has 0 saturated carbocycles. The number of amides is 3. The van der Waals surface area contributed by atoms with Gasteiger partial charge >= 0.3 is 6.09 Å². The van der Waals surface area contributed by atoms with Crippen LogP contribution < -0.4 is 10.6 Å². The van der Waals surface area contributed by atoms with E-state index in [0.717, 1.165) is 0 Å². The molecule has 1 aliphatic heterocycles. The average Bonchev–Trinajstić information content (AvgIpc) is 2.88. The fourth-order valence-corrected chi connectivity index (χ4v) is 2.66. The summed E-state index contributed by atoms with van der Waals surface area (Å²) in [5.41, 5.74) is 0.837. The van der Waals surface area contributed by atoms with E-state index in [9.17, 15) is 14.4 Å². The maximum atomic E-state index is 12.1. The molecule has 2 N–H and O–H groups in total. The molecule has 1 aromatic carbocycles. The molecular formula is C17H19N3O5. The van der Waals surface area contributed by atoms with Gasteiger partial charge in [-0.3, -0.25) is 20.2 Å². The number of fused-ring (bicyclic) bond motifs is 1. The Morgan fingerprint density at radius 3 is 2.80 bits per heavy atom. The van der Waals surface area contributed by atoms with E-state index in [-0.39, 0.29) is 12.3 Å². The molecule has 25 heavy (non-hydrogen) atoms. The van der Waals surface area contributed by atoms with Gasteiger partial charge in [-0.1, -0.05) is 5.16 Å². The SMILES string of the molecule is CC(C)(C)OC(=O)Nc1ccc2onc(C3CCC(=O)NC3=O)c2c1. The fraction of sp³-hybridized carbons (Fsp3) is 0.412. The first kappa shape index (κ1) is 16.9. The van der Waals surface area contributed by atoms with E-state index in [2.05, 4.69) is 15.8 Å². The van der Waals surface area contributed by atoms with Crippen LogP contribution >= 0.6 is 0 Å². The zero-order valence-electron chi connectivity index (χ0n) is 14.2. The lowest BCUT2D eigenvalue weighted by Gasteiger charge is -2.20. The van der Waals surface area contributed by atoms with Gasteiger partial charge < -0.3 is 9.26 Å². The number of aromatic nitrogens is 1. The monoisotopic (exact) mass is 345 g/mol. The van der Waals surface area contributed by atoms with E-state index in [1.807, 2.05) is 0 Å². The normalized spacial score (nSPS) is 18.1. The van der Waals surface area contributed by atoms with Crippen LogP contribution in [-0.4, -0.2) is 28.7 Å². The van der Waals surface area contributed by atoms with Crippen molar-refractivity contribution in [3.8, 4) is 0 Å². The highest BCUT2D eigenvalue weighted by Crippen LogP contribution is 2.32. The number of carbonyl (C=O) groups excluding carboxylic acids is 3. The predicted molar refractivity (Wildman–Crippen MR) is 89.0 cm³/mol. The number of ether oxygens (including phenoxy) is 1. The summed E-state index contributed by atoms with van der Waals surface area (Å²) in [5, 5.41) is 9.55. The number of nitrogens with zero attached hydrogens (tertiary/aromatic N) is 1. The number of hydrogen-bond donors (Lipinski definition) is 2. The average molecular weight is 345 g/mol. The Labute approximate surface area is 143 Å². The third-order valence-electron chi connectivity index (χ3n) is 3.71. The Balaban J connectivity index is 1.86. The lowest BCUT2D eigenvalue weighted by atomic mass is 9.93. The van der Waals surface area contributed by atoms with Crippen molar-refractivity contribution in [1.82, 2.24) is 10.5 Å². The van der Waals surface area contributed by atoms with Crippen LogP contribution in [0.25, 0.3) is 11.0 Å². The van der Waals surface area contributed by atoms with Gasteiger partial charge in [0.2, 0.25) is 11.8 Å². The number of piperidine rings is 1. The van der Waals surface area contributed by atoms with Gasteiger partial charge in [-0.2, -0.15) is 0 Å². The van der Waals surface area contributed by atoms with Crippen molar-refractivity contribution < 1.29 is 23.6 Å². The molecule has 0 spiro atoms. The van der Waals surface area contributed by atoms with Gasteiger partial charge in [0.15, 0.2) is 5.58 Å². The molecule has 8 heteroatoms. The van der Waals surface area contributed by atoms with Gasteiger partial charge in [-0.05, 0) is 45.4 Å². The first-order valence-electron chi connectivity index (χ1n) is 7.96. The largest absolute Gasteiger partial charge is 0.444 e. The molecule has 2 heterocycles. The number of carbonyl (C=O) groups is 3. The van der Waals surface area contributed by atoms with Crippen molar-refractivity contribution in [2.45, 2.75) is 45.1 Å². The summed E-state index contributed by atoms with van der Waals surface area (Å²) < 4.78 is 10.5. The van der Waals surface area contributed by atoms with Gasteiger partial charge in [0.25, 0.3) is 0 Å². The second-order valence-corrected chi connectivity index (χ2v) is 6.91. The summed E-state index contributed by atoms with van der Waals surface area (Å²) >= 11 is 0. The van der Waals surface area contributed by atoms with Crippen molar-refractivity contribution in [3.63, 3.8) is 0 Å². The molecule has 3 rings (SSSR count). The highest BCUT2D eigenvalue weighted by Gasteiger charge is 2.32. The maximum absolute atomic E-state index is 12.1. The molecule has 132 valence electrons. The van der Waals surface area contributed by atoms with E-state index in [0.29, 0.717) is 28.8 Å². The third kappa shape index (κ3) is 3.78. The Hall–Kier alpha value is -2.90. The molecule has 3 amide bonds. The van der Waals surface area contributed by atoms with Crippen LogP contribution in [0.3, 0.4) is 0 Å². The lowest BCUT2D eigenvalue weighted by Crippen LogP contribution is -2.39. The van der Waals surface area contributed by atoms with Gasteiger partial charge in [0.1, 0.15) is 11.3 Å². The topological polar surface area (TPSA) is 111 Å². The Morgan fingerprint density at radius 1 is 1.36 bits per heavy atom. The number of rotatable bonds is 2. The Kier molecular flexibility index (Phi) is 4.20. The summed E-state index contributed by atoms with van der Waals surface area (Å²) in [5.74, 6) is -1.24. The van der Waals surface area contributed by atoms with Crippen molar-refractivity contribution in [1.29, 1.82) is 0 Å². The molecule has 0 bridgehead atoms. The van der Waals surface area contributed by atoms with Crippen molar-refractivity contribution in [2.24, 2.45) is 0 Å². The number of imide groups is 1. The third-order valence-corrected chi connectivity index (χ3v) is 3.71. The Morgan fingerprint density at radius 2 is 2.12 bits per heavy atom. The molecule has 8 nitrogen and oxygen atoms in total. The number of benzene rings is 1. The van der Waals surface area contributed by atoms with Crippen molar-refractivity contribution >= 4 is 34.6 Å². The minimum absolute atomic E-state index is 0.251. The minimum atomic E-state index is -0.608. The van der Waals surface area contributed by atoms with E-state index in [1.54, 1.807) is 39.0 Å². The van der Waals surface area contributed by atoms with E-state index < -0.39 is 23.5 Å². The lowest BCUT2D eigenvalue weighted by molar-refractivity contribution is -0.134. The highest BCUT2D eigenvalue weighted by atomic mass is 16.6. The summed E-state index contributed by atoms with van der Waals surface area (Å²) in [6, 6.07) is 4.99. The molecule has 1 aromatic heterocycles. The summed E-state index contributed by atoms with van der Waals surface area (Å²) in [6.45, 7) is 5.32. The number of nitrogens with one attached hydrogen (secondary N) is 2. The van der Waals surface area contributed by atoms with Crippen LogP contribution in [0.1, 0.15) is 45.2 Å². The number of anilines is 1. The zero-order valence-corrected chi connectivity index (χ0v) is 14.2. The molecule has 1 unspecified atom stereocenters. The van der Waals surface area contributed by atoms with Gasteiger partial charge in [0, 0.05) is 17.5 Å². The summed E-state index contributed by atoms with van der Waals surface area (Å²) in [4.78, 5) is 35.3. The second-order valence-electron chi connectivity index (χ2n) is 6.91. The summed E-state index contributed by atoms with van der Waals surface area (Å²) in [7, 11) is 0. The van der Waals surface area contributed by atoms with Crippen LogP contribution in [0.15, 0.2) is 22.7 Å². The maximum Gasteiger partial charge on any atom is 0.412 e. The van der Waals surface area contributed by atoms with Crippen LogP contribution in [0.5, 0.6) is 0 Å². The van der Waals surface area contributed by atoms with Crippen LogP contribution in [-0.2, 0) is 14.3 Å². The molecule has 1 fully saturated rings. The molecule has 1 atom stereocenters. The van der Waals surface area contributed by atoms with Crippen LogP contribution in [0, 0.1) is 0 Å². The van der Waals surface area contributed by atoms with E-state index >= 15 is 0 Å². The molecule has 0 aliphatic carbocycles. The predicted octanol–water partition coefficient (Wildman–Crippen LogP) is 2.70. The quantitative estimate of drug-likeness (QED) is 0.810. The number of hydrogen-bond acceptors (Lipinski definition) is 6. The van der Waals surface area contributed by atoms with Crippen LogP contribution in [0.2, 0.25) is 0 Å². The van der Waals surface area contributed by atoms with Gasteiger partial charge in [-0.15, -0.1) is 0 Å². The standard InChI is InChI=1S/C17H19N3O5/c1-17(2,3)24-16(23)18-9-4-6-12-11(8-9)14(20-25-12)10-5-7-13(21)19-15(10)22/h4,6,8,10H,5,7H2,1-3H3,(H,18,23)(H,19,21,22). The van der Waals surface area contributed by atoms with E-state index in [1.165, 1.54) is 0 Å². The molecular weight excluding hydrogens is 326 g/mol. The molecule has 2 aromatic rings. The molecule has 0 radical (unpaired) electrons. The fourth-order valence-electron chi connectivity index (χ4n) is 2.66. The first-order valence-corrected chi connectivity index (χ1v) is 7.96. The first-order chi connectivity index (χ1) is 11.7.